The molecule has 1 N–H and O–H groups in total. The average Bonchev–Trinajstić information content (AvgIpc) is 3.02. The van der Waals surface area contributed by atoms with Crippen molar-refractivity contribution in [3.8, 4) is 5.75 Å². The lowest BCUT2D eigenvalue weighted by molar-refractivity contribution is -0.123. The number of benzene rings is 3. The smallest absolute Gasteiger partial charge is 0.329 e. The lowest BCUT2D eigenvalue weighted by Gasteiger charge is -2.12. The van der Waals surface area contributed by atoms with Crippen molar-refractivity contribution in [1.82, 2.24) is 10.2 Å². The summed E-state index contributed by atoms with van der Waals surface area (Å²) in [5.41, 5.74) is 3.20. The zero-order valence-corrected chi connectivity index (χ0v) is 19.1. The van der Waals surface area contributed by atoms with Crippen LogP contribution in [-0.2, 0) is 17.9 Å². The highest BCUT2D eigenvalue weighted by Gasteiger charge is 2.33. The first kappa shape index (κ1) is 22.8. The third-order valence-electron chi connectivity index (χ3n) is 5.03. The van der Waals surface area contributed by atoms with E-state index in [9.17, 15) is 14.0 Å². The van der Waals surface area contributed by atoms with E-state index in [-0.39, 0.29) is 40.5 Å². The number of carbonyl (C=O) groups is 2. The first-order valence-electron chi connectivity index (χ1n) is 10.1. The van der Waals surface area contributed by atoms with Crippen LogP contribution in [0.4, 0.5) is 9.18 Å². The Labute approximate surface area is 200 Å². The van der Waals surface area contributed by atoms with Crippen molar-refractivity contribution >= 4 is 41.2 Å². The van der Waals surface area contributed by atoms with Crippen molar-refractivity contribution in [3.63, 3.8) is 0 Å². The molecule has 1 aliphatic rings. The number of hydrogen-bond acceptors (Lipinski definition) is 3. The van der Waals surface area contributed by atoms with E-state index in [4.69, 9.17) is 27.9 Å². The van der Waals surface area contributed by atoms with Crippen LogP contribution in [0.1, 0.15) is 22.3 Å². The molecule has 1 fully saturated rings. The van der Waals surface area contributed by atoms with Crippen LogP contribution >= 0.6 is 23.2 Å². The lowest BCUT2D eigenvalue weighted by Crippen LogP contribution is -2.30. The molecule has 33 heavy (non-hydrogen) atoms. The number of nitrogens with zero attached hydrogens (tertiary/aromatic N) is 1. The standard InChI is InChI=1S/C25H19Cl2FN2O3/c1-15-5-7-16(8-6-15)13-30-24(31)22(29-25(30)32)12-18-10-20(26)23(21(27)11-18)33-14-17-3-2-4-19(28)9-17/h2-12H,13-14H2,1H3,(H,29,32)/b22-12+. The molecule has 0 aromatic heterocycles. The molecule has 1 heterocycles. The molecule has 3 aromatic carbocycles. The molecule has 0 unspecified atom stereocenters. The monoisotopic (exact) mass is 484 g/mol. The van der Waals surface area contributed by atoms with E-state index >= 15 is 0 Å². The van der Waals surface area contributed by atoms with Gasteiger partial charge in [0.1, 0.15) is 18.1 Å². The van der Waals surface area contributed by atoms with Gasteiger partial charge in [-0.3, -0.25) is 9.69 Å². The first-order valence-corrected chi connectivity index (χ1v) is 10.8. The molecular formula is C25H19Cl2FN2O3. The topological polar surface area (TPSA) is 58.6 Å². The average molecular weight is 485 g/mol. The van der Waals surface area contributed by atoms with Crippen molar-refractivity contribution in [2.75, 3.05) is 0 Å². The molecule has 0 radical (unpaired) electrons. The minimum absolute atomic E-state index is 0.0835. The molecule has 4 rings (SSSR count). The second-order valence-corrected chi connectivity index (χ2v) is 8.41. The van der Waals surface area contributed by atoms with Gasteiger partial charge in [-0.1, -0.05) is 65.2 Å². The summed E-state index contributed by atoms with van der Waals surface area (Å²) < 4.78 is 19.0. The Kier molecular flexibility index (Phi) is 6.67. The van der Waals surface area contributed by atoms with Gasteiger partial charge in [0.2, 0.25) is 0 Å². The lowest BCUT2D eigenvalue weighted by atomic mass is 10.1. The number of halogens is 3. The summed E-state index contributed by atoms with van der Waals surface area (Å²) >= 11 is 12.7. The Morgan fingerprint density at radius 2 is 1.70 bits per heavy atom. The second-order valence-electron chi connectivity index (χ2n) is 7.60. The molecule has 1 aliphatic heterocycles. The molecule has 0 atom stereocenters. The van der Waals surface area contributed by atoms with Crippen LogP contribution in [0.3, 0.4) is 0 Å². The SMILES string of the molecule is Cc1ccc(CN2C(=O)N/C(=C/c3cc(Cl)c(OCc4cccc(F)c4)c(Cl)c3)C2=O)cc1. The van der Waals surface area contributed by atoms with Gasteiger partial charge in [0.25, 0.3) is 5.91 Å². The van der Waals surface area contributed by atoms with Gasteiger partial charge in [0, 0.05) is 0 Å². The maximum absolute atomic E-state index is 13.3. The quantitative estimate of drug-likeness (QED) is 0.339. The fourth-order valence-electron chi connectivity index (χ4n) is 3.34. The van der Waals surface area contributed by atoms with E-state index in [1.54, 1.807) is 24.3 Å². The Hall–Kier alpha value is -3.35. The van der Waals surface area contributed by atoms with E-state index in [0.29, 0.717) is 11.1 Å². The molecule has 0 aliphatic carbocycles. The van der Waals surface area contributed by atoms with E-state index in [1.165, 1.54) is 18.2 Å². The van der Waals surface area contributed by atoms with Gasteiger partial charge in [0.05, 0.1) is 16.6 Å². The summed E-state index contributed by atoms with van der Waals surface area (Å²) in [7, 11) is 0. The van der Waals surface area contributed by atoms with Gasteiger partial charge < -0.3 is 10.1 Å². The van der Waals surface area contributed by atoms with Gasteiger partial charge >= 0.3 is 6.03 Å². The van der Waals surface area contributed by atoms with Crippen LogP contribution in [0.5, 0.6) is 5.75 Å². The summed E-state index contributed by atoms with van der Waals surface area (Å²) in [6, 6.07) is 16.3. The number of hydrogen-bond donors (Lipinski definition) is 1. The van der Waals surface area contributed by atoms with E-state index in [0.717, 1.165) is 16.0 Å². The van der Waals surface area contributed by atoms with Crippen molar-refractivity contribution in [2.24, 2.45) is 0 Å². The van der Waals surface area contributed by atoms with Gasteiger partial charge in [0.15, 0.2) is 5.75 Å². The second kappa shape index (κ2) is 9.65. The maximum atomic E-state index is 13.3. The molecule has 3 amide bonds. The van der Waals surface area contributed by atoms with Crippen molar-refractivity contribution < 1.29 is 18.7 Å². The van der Waals surface area contributed by atoms with Crippen LogP contribution in [-0.4, -0.2) is 16.8 Å². The number of amides is 3. The minimum atomic E-state index is -0.501. The number of rotatable bonds is 6. The number of nitrogens with one attached hydrogen (secondary N) is 1. The summed E-state index contributed by atoms with van der Waals surface area (Å²) in [6.45, 7) is 2.21. The van der Waals surface area contributed by atoms with Gasteiger partial charge in [-0.05, 0) is 54.0 Å². The zero-order chi connectivity index (χ0) is 23.5. The van der Waals surface area contributed by atoms with Crippen LogP contribution in [0, 0.1) is 12.7 Å². The van der Waals surface area contributed by atoms with Crippen molar-refractivity contribution in [1.29, 1.82) is 0 Å². The molecular weight excluding hydrogens is 466 g/mol. The molecule has 0 saturated carbocycles. The molecule has 0 spiro atoms. The van der Waals surface area contributed by atoms with Gasteiger partial charge in [-0.15, -0.1) is 0 Å². The molecule has 0 bridgehead atoms. The van der Waals surface area contributed by atoms with E-state index < -0.39 is 11.9 Å². The highest BCUT2D eigenvalue weighted by atomic mass is 35.5. The van der Waals surface area contributed by atoms with E-state index in [1.807, 2.05) is 31.2 Å². The summed E-state index contributed by atoms with van der Waals surface area (Å²) in [5.74, 6) is -0.568. The van der Waals surface area contributed by atoms with E-state index in [2.05, 4.69) is 5.32 Å². The zero-order valence-electron chi connectivity index (χ0n) is 17.6. The maximum Gasteiger partial charge on any atom is 0.329 e. The van der Waals surface area contributed by atoms with Crippen molar-refractivity contribution in [2.45, 2.75) is 20.1 Å². The van der Waals surface area contributed by atoms with Gasteiger partial charge in [-0.25, -0.2) is 9.18 Å². The first-order chi connectivity index (χ1) is 15.8. The van der Waals surface area contributed by atoms with Gasteiger partial charge in [-0.2, -0.15) is 0 Å². The highest BCUT2D eigenvalue weighted by molar-refractivity contribution is 6.37. The Balaban J connectivity index is 1.49. The number of imide groups is 1. The third kappa shape index (κ3) is 5.35. The minimum Gasteiger partial charge on any atom is -0.486 e. The number of ether oxygens (including phenoxy) is 1. The predicted octanol–water partition coefficient (Wildman–Crippen LogP) is 6.11. The van der Waals surface area contributed by atoms with Crippen LogP contribution in [0.15, 0.2) is 66.4 Å². The molecule has 8 heteroatoms. The Morgan fingerprint density at radius 3 is 2.36 bits per heavy atom. The number of urea groups is 1. The van der Waals surface area contributed by atoms with Crippen LogP contribution in [0.25, 0.3) is 6.08 Å². The summed E-state index contributed by atoms with van der Waals surface area (Å²) in [4.78, 5) is 26.2. The molecule has 1 saturated heterocycles. The highest BCUT2D eigenvalue weighted by Crippen LogP contribution is 2.35. The fraction of sp³-hybridized carbons (Fsp3) is 0.120. The van der Waals surface area contributed by atoms with Crippen LogP contribution in [0.2, 0.25) is 10.0 Å². The molecule has 5 nitrogen and oxygen atoms in total. The normalized spacial score (nSPS) is 14.7. The summed E-state index contributed by atoms with van der Waals surface area (Å²) in [5, 5.41) is 3.03. The number of carbonyl (C=O) groups excluding carboxylic acids is 2. The molecule has 3 aromatic rings. The Morgan fingerprint density at radius 1 is 1.00 bits per heavy atom. The number of aryl methyl sites for hydroxylation is 1. The fourth-order valence-corrected chi connectivity index (χ4v) is 3.95. The predicted molar refractivity (Wildman–Crippen MR) is 125 cm³/mol. The van der Waals surface area contributed by atoms with Crippen LogP contribution < -0.4 is 10.1 Å². The van der Waals surface area contributed by atoms with Crippen molar-refractivity contribution in [3.05, 3.63) is 104 Å². The Bertz CT molecular complexity index is 1240. The largest absolute Gasteiger partial charge is 0.486 e. The third-order valence-corrected chi connectivity index (χ3v) is 5.59. The summed E-state index contributed by atoms with van der Waals surface area (Å²) in [6.07, 6.45) is 1.50. The molecule has 168 valence electrons.